The zero-order valence-electron chi connectivity index (χ0n) is 19.3. The first-order valence-corrected chi connectivity index (χ1v) is 12.0. The second kappa shape index (κ2) is 11.5. The number of methoxy groups -OCH3 is 3. The van der Waals surface area contributed by atoms with Crippen molar-refractivity contribution in [2.45, 2.75) is 23.9 Å². The second-order valence-corrected chi connectivity index (χ2v) is 9.13. The third kappa shape index (κ3) is 6.49. The van der Waals surface area contributed by atoms with Gasteiger partial charge >= 0.3 is 0 Å². The minimum Gasteiger partial charge on any atom is -0.497 e. The average molecular weight is 485 g/mol. The molecule has 2 N–H and O–H groups in total. The highest BCUT2D eigenvalue weighted by molar-refractivity contribution is 7.89. The zero-order chi connectivity index (χ0) is 24.6. The maximum Gasteiger partial charge on any atom is 0.241 e. The smallest absolute Gasteiger partial charge is 0.241 e. The Morgan fingerprint density at radius 2 is 1.41 bits per heavy atom. The maximum absolute atomic E-state index is 13.1. The molecular weight excluding hydrogens is 456 g/mol. The Bertz CT molecular complexity index is 1190. The van der Waals surface area contributed by atoms with Gasteiger partial charge < -0.3 is 19.5 Å². The predicted molar refractivity (Wildman–Crippen MR) is 129 cm³/mol. The number of nitrogens with one attached hydrogen (secondary N) is 2. The van der Waals surface area contributed by atoms with Crippen LogP contribution in [0.3, 0.4) is 0 Å². The molecule has 0 heterocycles. The highest BCUT2D eigenvalue weighted by Crippen LogP contribution is 2.24. The van der Waals surface area contributed by atoms with Crippen LogP contribution in [0, 0.1) is 0 Å². The van der Waals surface area contributed by atoms with Crippen LogP contribution in [-0.2, 0) is 21.4 Å². The fourth-order valence-corrected chi connectivity index (χ4v) is 4.60. The van der Waals surface area contributed by atoms with Gasteiger partial charge in [0.1, 0.15) is 17.2 Å². The summed E-state index contributed by atoms with van der Waals surface area (Å²) in [7, 11) is 0.706. The minimum absolute atomic E-state index is 0.0706. The van der Waals surface area contributed by atoms with E-state index in [-0.39, 0.29) is 23.8 Å². The average Bonchev–Trinajstić information content (AvgIpc) is 2.87. The highest BCUT2D eigenvalue weighted by atomic mass is 32.2. The molecule has 3 rings (SSSR count). The quantitative estimate of drug-likeness (QED) is 0.432. The number of hydrogen-bond acceptors (Lipinski definition) is 6. The molecule has 3 aromatic rings. The molecule has 0 aliphatic heterocycles. The summed E-state index contributed by atoms with van der Waals surface area (Å²) in [5.41, 5.74) is 1.45. The normalized spacial score (nSPS) is 12.0. The van der Waals surface area contributed by atoms with Crippen molar-refractivity contribution in [1.29, 1.82) is 0 Å². The van der Waals surface area contributed by atoms with E-state index >= 15 is 0 Å². The van der Waals surface area contributed by atoms with E-state index in [1.54, 1.807) is 50.6 Å². The third-order valence-corrected chi connectivity index (χ3v) is 6.73. The van der Waals surface area contributed by atoms with E-state index in [0.717, 1.165) is 5.56 Å². The molecule has 0 spiro atoms. The van der Waals surface area contributed by atoms with Crippen molar-refractivity contribution in [3.05, 3.63) is 83.9 Å². The predicted octanol–water partition coefficient (Wildman–Crippen LogP) is 3.44. The van der Waals surface area contributed by atoms with Crippen LogP contribution in [0.2, 0.25) is 0 Å². The van der Waals surface area contributed by atoms with Crippen molar-refractivity contribution in [1.82, 2.24) is 10.0 Å². The Balaban J connectivity index is 1.79. The first kappa shape index (κ1) is 25.1. The summed E-state index contributed by atoms with van der Waals surface area (Å²) in [6, 6.07) is 19.5. The van der Waals surface area contributed by atoms with E-state index in [9.17, 15) is 13.2 Å². The molecular formula is C25H28N2O6S. The van der Waals surface area contributed by atoms with Gasteiger partial charge in [0.2, 0.25) is 15.9 Å². The van der Waals surface area contributed by atoms with Crippen LogP contribution in [-0.4, -0.2) is 35.7 Å². The van der Waals surface area contributed by atoms with Gasteiger partial charge in [-0.25, -0.2) is 13.1 Å². The lowest BCUT2D eigenvalue weighted by molar-refractivity contribution is -0.121. The lowest BCUT2D eigenvalue weighted by Gasteiger charge is -2.20. The molecule has 3 aromatic carbocycles. The SMILES string of the molecule is COc1ccc(C(CC(=O)NCc2ccccc2OC)NS(=O)(=O)c2ccc(OC)cc2)cc1. The topological polar surface area (TPSA) is 103 Å². The van der Waals surface area contributed by atoms with Crippen molar-refractivity contribution in [2.75, 3.05) is 21.3 Å². The van der Waals surface area contributed by atoms with Gasteiger partial charge in [-0.05, 0) is 48.0 Å². The van der Waals surface area contributed by atoms with Crippen LogP contribution in [0.1, 0.15) is 23.6 Å². The molecule has 0 saturated heterocycles. The van der Waals surface area contributed by atoms with E-state index in [2.05, 4.69) is 10.0 Å². The molecule has 180 valence electrons. The zero-order valence-corrected chi connectivity index (χ0v) is 20.1. The number of amides is 1. The summed E-state index contributed by atoms with van der Waals surface area (Å²) in [5.74, 6) is 1.52. The van der Waals surface area contributed by atoms with Crippen LogP contribution in [0.25, 0.3) is 0 Å². The molecule has 1 amide bonds. The van der Waals surface area contributed by atoms with Crippen LogP contribution in [0.4, 0.5) is 0 Å². The van der Waals surface area contributed by atoms with Crippen molar-refractivity contribution >= 4 is 15.9 Å². The van der Waals surface area contributed by atoms with Crippen molar-refractivity contribution in [2.24, 2.45) is 0 Å². The Hall–Kier alpha value is -3.56. The number of ether oxygens (including phenoxy) is 3. The van der Waals surface area contributed by atoms with Gasteiger partial charge in [0.15, 0.2) is 0 Å². The molecule has 9 heteroatoms. The van der Waals surface area contributed by atoms with Gasteiger partial charge in [0, 0.05) is 18.5 Å². The van der Waals surface area contributed by atoms with E-state index in [1.807, 2.05) is 24.3 Å². The van der Waals surface area contributed by atoms with Crippen molar-refractivity contribution < 1.29 is 27.4 Å². The molecule has 0 radical (unpaired) electrons. The minimum atomic E-state index is -3.91. The lowest BCUT2D eigenvalue weighted by Crippen LogP contribution is -2.33. The molecule has 1 atom stereocenters. The van der Waals surface area contributed by atoms with Crippen molar-refractivity contribution in [3.8, 4) is 17.2 Å². The lowest BCUT2D eigenvalue weighted by atomic mass is 10.0. The molecule has 0 bridgehead atoms. The molecule has 8 nitrogen and oxygen atoms in total. The Morgan fingerprint density at radius 1 is 0.824 bits per heavy atom. The highest BCUT2D eigenvalue weighted by Gasteiger charge is 2.24. The number of sulfonamides is 1. The standard InChI is InChI=1S/C25H28N2O6S/c1-31-20-10-8-18(9-11-20)23(27-34(29,30)22-14-12-21(32-2)13-15-22)16-25(28)26-17-19-6-4-5-7-24(19)33-3/h4-15,23,27H,16-17H2,1-3H3,(H,26,28). The number of hydrogen-bond donors (Lipinski definition) is 2. The summed E-state index contributed by atoms with van der Waals surface area (Å²) in [4.78, 5) is 12.9. The van der Waals surface area contributed by atoms with E-state index in [1.165, 1.54) is 19.2 Å². The van der Waals surface area contributed by atoms with Crippen LogP contribution >= 0.6 is 0 Å². The van der Waals surface area contributed by atoms with E-state index < -0.39 is 16.1 Å². The molecule has 1 unspecified atom stereocenters. The molecule has 0 fully saturated rings. The van der Waals surface area contributed by atoms with Gasteiger partial charge in [-0.15, -0.1) is 0 Å². The summed E-state index contributed by atoms with van der Waals surface area (Å²) in [5, 5.41) is 2.84. The van der Waals surface area contributed by atoms with Crippen LogP contribution in [0.5, 0.6) is 17.2 Å². The van der Waals surface area contributed by atoms with Crippen LogP contribution < -0.4 is 24.2 Å². The van der Waals surface area contributed by atoms with Gasteiger partial charge in [0.05, 0.1) is 32.3 Å². The first-order valence-electron chi connectivity index (χ1n) is 10.5. The molecule has 0 aliphatic carbocycles. The van der Waals surface area contributed by atoms with Gasteiger partial charge in [0.25, 0.3) is 0 Å². The first-order chi connectivity index (χ1) is 16.4. The Kier molecular flexibility index (Phi) is 8.50. The van der Waals surface area contributed by atoms with E-state index in [4.69, 9.17) is 14.2 Å². The Morgan fingerprint density at radius 3 is 2.00 bits per heavy atom. The number of benzene rings is 3. The number of carbonyl (C=O) groups excluding carboxylic acids is 1. The van der Waals surface area contributed by atoms with Gasteiger partial charge in [-0.2, -0.15) is 0 Å². The molecule has 0 aromatic heterocycles. The monoisotopic (exact) mass is 484 g/mol. The number of rotatable bonds is 11. The summed E-state index contributed by atoms with van der Waals surface area (Å²) < 4.78 is 44.4. The molecule has 0 saturated carbocycles. The third-order valence-electron chi connectivity index (χ3n) is 5.24. The molecule has 34 heavy (non-hydrogen) atoms. The summed E-state index contributed by atoms with van der Waals surface area (Å²) >= 11 is 0. The number of para-hydroxylation sites is 1. The fraction of sp³-hybridized carbons (Fsp3) is 0.240. The van der Waals surface area contributed by atoms with E-state index in [0.29, 0.717) is 22.8 Å². The molecule has 0 aliphatic rings. The maximum atomic E-state index is 13.1. The van der Waals surface area contributed by atoms with Gasteiger partial charge in [-0.1, -0.05) is 30.3 Å². The number of carbonyl (C=O) groups is 1. The Labute approximate surface area is 199 Å². The van der Waals surface area contributed by atoms with Crippen molar-refractivity contribution in [3.63, 3.8) is 0 Å². The fourth-order valence-electron chi connectivity index (χ4n) is 3.37. The van der Waals surface area contributed by atoms with Gasteiger partial charge in [-0.3, -0.25) is 4.79 Å². The van der Waals surface area contributed by atoms with Crippen LogP contribution in [0.15, 0.2) is 77.7 Å². The second-order valence-electron chi connectivity index (χ2n) is 7.42. The largest absolute Gasteiger partial charge is 0.497 e. The summed E-state index contributed by atoms with van der Waals surface area (Å²) in [6.07, 6.45) is -0.100. The summed E-state index contributed by atoms with van der Waals surface area (Å²) in [6.45, 7) is 0.253.